The molecule has 5 heteroatoms. The van der Waals surface area contributed by atoms with Crippen LogP contribution in [0.3, 0.4) is 0 Å². The van der Waals surface area contributed by atoms with Gasteiger partial charge in [-0.25, -0.2) is 9.37 Å². The van der Waals surface area contributed by atoms with Crippen molar-refractivity contribution in [3.63, 3.8) is 0 Å². The third-order valence-corrected chi connectivity index (χ3v) is 5.60. The average molecular weight is 369 g/mol. The Labute approximate surface area is 136 Å². The summed E-state index contributed by atoms with van der Waals surface area (Å²) in [5.74, 6) is -0.222. The minimum atomic E-state index is -0.222. The van der Waals surface area contributed by atoms with E-state index in [4.69, 9.17) is 4.98 Å². The van der Waals surface area contributed by atoms with Crippen LogP contribution in [0.1, 0.15) is 46.9 Å². The van der Waals surface area contributed by atoms with Gasteiger partial charge in [-0.3, -0.25) is 0 Å². The highest BCUT2D eigenvalue weighted by Crippen LogP contribution is 2.34. The van der Waals surface area contributed by atoms with E-state index in [1.165, 1.54) is 17.0 Å². The number of hydrogen-bond acceptors (Lipinski definition) is 3. The summed E-state index contributed by atoms with van der Waals surface area (Å²) in [4.78, 5) is 6.20. The fourth-order valence-electron chi connectivity index (χ4n) is 2.66. The monoisotopic (exact) mass is 368 g/mol. The highest BCUT2D eigenvalue weighted by Gasteiger charge is 2.23. The highest BCUT2D eigenvalue weighted by molar-refractivity contribution is 9.10. The summed E-state index contributed by atoms with van der Waals surface area (Å²) >= 11 is 4.99. The molecule has 0 spiro atoms. The lowest BCUT2D eigenvalue weighted by Gasteiger charge is -2.17. The molecular formula is C16H18BrFN2S. The molecule has 112 valence electrons. The predicted octanol–water partition coefficient (Wildman–Crippen LogP) is 4.62. The molecule has 0 saturated carbocycles. The van der Waals surface area contributed by atoms with Crippen molar-refractivity contribution in [3.8, 4) is 0 Å². The Morgan fingerprint density at radius 2 is 2.29 bits per heavy atom. The number of hydrogen-bond donors (Lipinski definition) is 1. The first-order chi connectivity index (χ1) is 10.2. The Bertz CT molecular complexity index is 620. The summed E-state index contributed by atoms with van der Waals surface area (Å²) in [7, 11) is 0. The fourth-order valence-corrected chi connectivity index (χ4v) is 4.17. The van der Waals surface area contributed by atoms with Gasteiger partial charge < -0.3 is 5.32 Å². The second-order valence-electron chi connectivity index (χ2n) is 5.34. The van der Waals surface area contributed by atoms with Crippen molar-refractivity contribution in [2.75, 3.05) is 6.54 Å². The molecule has 1 aromatic heterocycles. The first-order valence-electron chi connectivity index (χ1n) is 7.36. The smallest absolute Gasteiger partial charge is 0.137 e. The number of nitrogens with zero attached hydrogens (tertiary/aromatic N) is 1. The van der Waals surface area contributed by atoms with Crippen molar-refractivity contribution in [2.45, 2.75) is 38.6 Å². The lowest BCUT2D eigenvalue weighted by atomic mass is 10.1. The van der Waals surface area contributed by atoms with Crippen molar-refractivity contribution >= 4 is 27.3 Å². The van der Waals surface area contributed by atoms with Gasteiger partial charge in [-0.15, -0.1) is 11.3 Å². The molecule has 2 nitrogen and oxygen atoms in total. The summed E-state index contributed by atoms with van der Waals surface area (Å²) in [6.45, 7) is 3.03. The number of benzene rings is 1. The number of halogens is 2. The topological polar surface area (TPSA) is 24.9 Å². The van der Waals surface area contributed by atoms with E-state index in [2.05, 4.69) is 28.2 Å². The molecule has 1 N–H and O–H groups in total. The molecule has 0 radical (unpaired) electrons. The molecule has 0 saturated heterocycles. The molecule has 1 aromatic carbocycles. The Morgan fingerprint density at radius 3 is 3.00 bits per heavy atom. The van der Waals surface area contributed by atoms with Crippen molar-refractivity contribution < 1.29 is 4.39 Å². The molecule has 1 atom stereocenters. The quantitative estimate of drug-likeness (QED) is 0.832. The van der Waals surface area contributed by atoms with Crippen molar-refractivity contribution in [1.82, 2.24) is 10.3 Å². The van der Waals surface area contributed by atoms with Gasteiger partial charge in [0.25, 0.3) is 0 Å². The Hall–Kier alpha value is -0.780. The van der Waals surface area contributed by atoms with E-state index in [0.29, 0.717) is 4.47 Å². The van der Waals surface area contributed by atoms with Gasteiger partial charge in [0.05, 0.1) is 16.2 Å². The largest absolute Gasteiger partial charge is 0.304 e. The zero-order chi connectivity index (χ0) is 14.8. The van der Waals surface area contributed by atoms with Crippen LogP contribution in [0.4, 0.5) is 4.39 Å². The Kier molecular flexibility index (Phi) is 4.72. The molecule has 1 heterocycles. The Balaban J connectivity index is 1.94. The van der Waals surface area contributed by atoms with Crippen LogP contribution in [-0.2, 0) is 12.8 Å². The van der Waals surface area contributed by atoms with Gasteiger partial charge in [0.1, 0.15) is 10.8 Å². The van der Waals surface area contributed by atoms with E-state index < -0.39 is 0 Å². The minimum Gasteiger partial charge on any atom is -0.304 e. The summed E-state index contributed by atoms with van der Waals surface area (Å²) in [6, 6.07) is 5.33. The maximum absolute atomic E-state index is 13.8. The summed E-state index contributed by atoms with van der Waals surface area (Å²) in [5.41, 5.74) is 2.19. The van der Waals surface area contributed by atoms with Crippen LogP contribution in [0.5, 0.6) is 0 Å². The van der Waals surface area contributed by atoms with E-state index in [1.807, 2.05) is 6.07 Å². The molecule has 0 aliphatic heterocycles. The number of aryl methyl sites for hydroxylation is 2. The van der Waals surface area contributed by atoms with Gasteiger partial charge in [-0.2, -0.15) is 0 Å². The Morgan fingerprint density at radius 1 is 1.43 bits per heavy atom. The molecule has 21 heavy (non-hydrogen) atoms. The van der Waals surface area contributed by atoms with Crippen molar-refractivity contribution in [2.24, 2.45) is 0 Å². The molecule has 0 fully saturated rings. The highest BCUT2D eigenvalue weighted by atomic mass is 79.9. The van der Waals surface area contributed by atoms with E-state index in [9.17, 15) is 4.39 Å². The number of thiazole rings is 1. The van der Waals surface area contributed by atoms with Crippen molar-refractivity contribution in [3.05, 3.63) is 49.6 Å². The molecule has 0 bridgehead atoms. The lowest BCUT2D eigenvalue weighted by molar-refractivity contribution is 0.580. The first-order valence-corrected chi connectivity index (χ1v) is 8.96. The maximum atomic E-state index is 13.8. The minimum absolute atomic E-state index is 0.0110. The molecule has 0 amide bonds. The average Bonchev–Trinajstić information content (AvgIpc) is 3.04. The second-order valence-corrected chi connectivity index (χ2v) is 7.31. The van der Waals surface area contributed by atoms with Gasteiger partial charge in [0.2, 0.25) is 0 Å². The number of rotatable bonds is 5. The fraction of sp³-hybridized carbons (Fsp3) is 0.438. The van der Waals surface area contributed by atoms with Crippen LogP contribution in [0.25, 0.3) is 0 Å². The van der Waals surface area contributed by atoms with Crippen LogP contribution in [0.2, 0.25) is 0 Å². The molecular weight excluding hydrogens is 351 g/mol. The zero-order valence-corrected chi connectivity index (χ0v) is 14.4. The third kappa shape index (κ3) is 3.20. The van der Waals surface area contributed by atoms with Gasteiger partial charge in [-0.05, 0) is 65.9 Å². The predicted molar refractivity (Wildman–Crippen MR) is 88.4 cm³/mol. The normalized spacial score (nSPS) is 15.2. The number of fused-ring (bicyclic) bond motifs is 1. The SMILES string of the molecule is CCCNC(c1ccc(Br)c(F)c1)c1nc2c(s1)CCC2. The molecule has 1 unspecified atom stereocenters. The van der Waals surface area contributed by atoms with Crippen molar-refractivity contribution in [1.29, 1.82) is 0 Å². The third-order valence-electron chi connectivity index (χ3n) is 3.73. The van der Waals surface area contributed by atoms with Crippen LogP contribution in [0.15, 0.2) is 22.7 Å². The zero-order valence-electron chi connectivity index (χ0n) is 12.0. The molecule has 1 aliphatic carbocycles. The standard InChI is InChI=1S/C16H18BrFN2S/c1-2-8-19-15(10-6-7-11(17)12(18)9-10)16-20-13-4-3-5-14(13)21-16/h6-7,9,15,19H,2-5,8H2,1H3. The van der Waals surface area contributed by atoms with Crippen LogP contribution in [0, 0.1) is 5.82 Å². The maximum Gasteiger partial charge on any atom is 0.137 e. The number of nitrogens with one attached hydrogen (secondary N) is 1. The molecule has 2 aromatic rings. The second kappa shape index (κ2) is 6.55. The van der Waals surface area contributed by atoms with E-state index in [0.717, 1.165) is 36.4 Å². The van der Waals surface area contributed by atoms with Gasteiger partial charge >= 0.3 is 0 Å². The molecule has 1 aliphatic rings. The van der Waals surface area contributed by atoms with Crippen LogP contribution in [-0.4, -0.2) is 11.5 Å². The first kappa shape index (κ1) is 15.1. The lowest BCUT2D eigenvalue weighted by Crippen LogP contribution is -2.23. The van der Waals surface area contributed by atoms with Gasteiger partial charge in [0.15, 0.2) is 0 Å². The summed E-state index contributed by atoms with van der Waals surface area (Å²) < 4.78 is 14.3. The van der Waals surface area contributed by atoms with Crippen LogP contribution < -0.4 is 5.32 Å². The van der Waals surface area contributed by atoms with Gasteiger partial charge in [-0.1, -0.05) is 13.0 Å². The van der Waals surface area contributed by atoms with Crippen LogP contribution >= 0.6 is 27.3 Å². The summed E-state index contributed by atoms with van der Waals surface area (Å²) in [6.07, 6.45) is 4.48. The van der Waals surface area contributed by atoms with Gasteiger partial charge in [0, 0.05) is 4.88 Å². The van der Waals surface area contributed by atoms with E-state index >= 15 is 0 Å². The molecule has 3 rings (SSSR count). The number of aromatic nitrogens is 1. The van der Waals surface area contributed by atoms with E-state index in [-0.39, 0.29) is 11.9 Å². The summed E-state index contributed by atoms with van der Waals surface area (Å²) in [5, 5.41) is 4.57. The van der Waals surface area contributed by atoms with E-state index in [1.54, 1.807) is 23.5 Å².